The average Bonchev–Trinajstić information content (AvgIpc) is 2.17. The van der Waals surface area contributed by atoms with E-state index in [1.807, 2.05) is 0 Å². The number of nitrogens with one attached hydrogen (secondary N) is 1. The Labute approximate surface area is 82.8 Å². The summed E-state index contributed by atoms with van der Waals surface area (Å²) in [7, 11) is 0. The third-order valence-electron chi connectivity index (χ3n) is 2.14. The second-order valence-corrected chi connectivity index (χ2v) is 3.50. The van der Waals surface area contributed by atoms with Crippen LogP contribution in [0.1, 0.15) is 47.0 Å². The first-order chi connectivity index (χ1) is 6.26. The Bertz CT molecular complexity index is 141. The van der Waals surface area contributed by atoms with Gasteiger partial charge in [-0.2, -0.15) is 0 Å². The standard InChI is InChI=1S/C11H24N2/c1-5-8-12-11(10(4)7-3)13-9-6-2/h10H,5-9H2,1-4H3,(H,12,13). The molecule has 1 N–H and O–H groups in total. The van der Waals surface area contributed by atoms with Crippen molar-refractivity contribution in [3.05, 3.63) is 0 Å². The number of hydrogen-bond donors (Lipinski definition) is 1. The number of aliphatic imine (C=N–C) groups is 1. The number of rotatable bonds is 6. The second kappa shape index (κ2) is 8.09. The van der Waals surface area contributed by atoms with Crippen molar-refractivity contribution in [3.63, 3.8) is 0 Å². The molecule has 78 valence electrons. The van der Waals surface area contributed by atoms with Crippen LogP contribution < -0.4 is 5.32 Å². The van der Waals surface area contributed by atoms with Gasteiger partial charge >= 0.3 is 0 Å². The summed E-state index contributed by atoms with van der Waals surface area (Å²) in [6.07, 6.45) is 3.47. The van der Waals surface area contributed by atoms with Crippen LogP contribution in [0.4, 0.5) is 0 Å². The highest BCUT2D eigenvalue weighted by atomic mass is 15.0. The molecule has 2 nitrogen and oxygen atoms in total. The molecule has 0 aromatic rings. The first kappa shape index (κ1) is 12.5. The lowest BCUT2D eigenvalue weighted by Crippen LogP contribution is -2.30. The van der Waals surface area contributed by atoms with Crippen molar-refractivity contribution in [2.24, 2.45) is 10.9 Å². The molecule has 0 heterocycles. The smallest absolute Gasteiger partial charge is 0.0991 e. The summed E-state index contributed by atoms with van der Waals surface area (Å²) in [6, 6.07) is 0. The van der Waals surface area contributed by atoms with Gasteiger partial charge in [-0.25, -0.2) is 0 Å². The molecule has 2 heteroatoms. The molecule has 0 saturated heterocycles. The van der Waals surface area contributed by atoms with Gasteiger partial charge < -0.3 is 5.32 Å². The first-order valence-corrected chi connectivity index (χ1v) is 5.54. The molecule has 0 bridgehead atoms. The van der Waals surface area contributed by atoms with Crippen LogP contribution in [0.2, 0.25) is 0 Å². The Morgan fingerprint density at radius 1 is 1.23 bits per heavy atom. The maximum absolute atomic E-state index is 4.56. The van der Waals surface area contributed by atoms with Crippen LogP contribution in [-0.2, 0) is 0 Å². The van der Waals surface area contributed by atoms with Crippen molar-refractivity contribution in [3.8, 4) is 0 Å². The third-order valence-corrected chi connectivity index (χ3v) is 2.14. The summed E-state index contributed by atoms with van der Waals surface area (Å²) >= 11 is 0. The van der Waals surface area contributed by atoms with Gasteiger partial charge in [-0.1, -0.05) is 27.7 Å². The number of amidine groups is 1. The lowest BCUT2D eigenvalue weighted by Gasteiger charge is -2.14. The number of nitrogens with zero attached hydrogens (tertiary/aromatic N) is 1. The van der Waals surface area contributed by atoms with Gasteiger partial charge in [0.15, 0.2) is 0 Å². The largest absolute Gasteiger partial charge is 0.374 e. The van der Waals surface area contributed by atoms with Crippen LogP contribution in [0.5, 0.6) is 0 Å². The third kappa shape index (κ3) is 5.67. The van der Waals surface area contributed by atoms with E-state index in [0.717, 1.165) is 19.5 Å². The molecule has 0 saturated carbocycles. The Morgan fingerprint density at radius 3 is 2.38 bits per heavy atom. The molecule has 1 atom stereocenters. The first-order valence-electron chi connectivity index (χ1n) is 5.54. The SMILES string of the molecule is CCCN=C(NCCC)C(C)CC. The summed E-state index contributed by atoms with van der Waals surface area (Å²) in [5.41, 5.74) is 0. The zero-order valence-electron chi connectivity index (χ0n) is 9.56. The maximum Gasteiger partial charge on any atom is 0.0991 e. The van der Waals surface area contributed by atoms with Gasteiger partial charge in [-0.15, -0.1) is 0 Å². The van der Waals surface area contributed by atoms with Crippen LogP contribution >= 0.6 is 0 Å². The van der Waals surface area contributed by atoms with Gasteiger partial charge in [0, 0.05) is 19.0 Å². The van der Waals surface area contributed by atoms with Gasteiger partial charge in [0.25, 0.3) is 0 Å². The van der Waals surface area contributed by atoms with E-state index in [1.54, 1.807) is 0 Å². The van der Waals surface area contributed by atoms with Crippen LogP contribution in [0.15, 0.2) is 4.99 Å². The lowest BCUT2D eigenvalue weighted by molar-refractivity contribution is 0.683. The van der Waals surface area contributed by atoms with Crippen molar-refractivity contribution in [1.29, 1.82) is 0 Å². The summed E-state index contributed by atoms with van der Waals surface area (Å²) in [6.45, 7) is 10.8. The summed E-state index contributed by atoms with van der Waals surface area (Å²) < 4.78 is 0. The summed E-state index contributed by atoms with van der Waals surface area (Å²) in [5.74, 6) is 1.78. The van der Waals surface area contributed by atoms with Crippen molar-refractivity contribution in [1.82, 2.24) is 5.32 Å². The highest BCUT2D eigenvalue weighted by Crippen LogP contribution is 2.02. The minimum absolute atomic E-state index is 0.582. The van der Waals surface area contributed by atoms with Gasteiger partial charge in [0.2, 0.25) is 0 Å². The Morgan fingerprint density at radius 2 is 1.92 bits per heavy atom. The van der Waals surface area contributed by atoms with Gasteiger partial charge in [-0.3, -0.25) is 4.99 Å². The van der Waals surface area contributed by atoms with Crippen molar-refractivity contribution in [2.75, 3.05) is 13.1 Å². The molecule has 0 aromatic carbocycles. The van der Waals surface area contributed by atoms with Gasteiger partial charge in [0.05, 0.1) is 5.84 Å². The van der Waals surface area contributed by atoms with Crippen LogP contribution in [0.3, 0.4) is 0 Å². The molecule has 0 aliphatic heterocycles. The van der Waals surface area contributed by atoms with E-state index >= 15 is 0 Å². The zero-order valence-corrected chi connectivity index (χ0v) is 9.56. The quantitative estimate of drug-likeness (QED) is 0.498. The van der Waals surface area contributed by atoms with Gasteiger partial charge in [0.1, 0.15) is 0 Å². The Hall–Kier alpha value is -0.530. The predicted molar refractivity (Wildman–Crippen MR) is 60.3 cm³/mol. The molecule has 0 rings (SSSR count). The molecule has 0 spiro atoms. The zero-order chi connectivity index (χ0) is 10.1. The number of hydrogen-bond acceptors (Lipinski definition) is 1. The lowest BCUT2D eigenvalue weighted by atomic mass is 10.1. The maximum atomic E-state index is 4.56. The fourth-order valence-corrected chi connectivity index (χ4v) is 1.06. The molecule has 1 unspecified atom stereocenters. The molecule has 0 fully saturated rings. The van der Waals surface area contributed by atoms with E-state index < -0.39 is 0 Å². The molecule has 0 amide bonds. The summed E-state index contributed by atoms with van der Waals surface area (Å²) in [5, 5.41) is 3.40. The molecule has 13 heavy (non-hydrogen) atoms. The summed E-state index contributed by atoms with van der Waals surface area (Å²) in [4.78, 5) is 4.56. The van der Waals surface area contributed by atoms with E-state index in [9.17, 15) is 0 Å². The molecule has 0 aliphatic carbocycles. The van der Waals surface area contributed by atoms with E-state index in [2.05, 4.69) is 38.0 Å². The fraction of sp³-hybridized carbons (Fsp3) is 0.909. The Balaban J connectivity index is 4.01. The van der Waals surface area contributed by atoms with Crippen molar-refractivity contribution in [2.45, 2.75) is 47.0 Å². The van der Waals surface area contributed by atoms with E-state index in [0.29, 0.717) is 5.92 Å². The van der Waals surface area contributed by atoms with Crippen LogP contribution in [0.25, 0.3) is 0 Å². The highest BCUT2D eigenvalue weighted by Gasteiger charge is 2.06. The predicted octanol–water partition coefficient (Wildman–Crippen LogP) is 2.84. The monoisotopic (exact) mass is 184 g/mol. The highest BCUT2D eigenvalue weighted by molar-refractivity contribution is 5.84. The minimum Gasteiger partial charge on any atom is -0.374 e. The van der Waals surface area contributed by atoms with Crippen LogP contribution in [-0.4, -0.2) is 18.9 Å². The topological polar surface area (TPSA) is 24.4 Å². The molecular formula is C11H24N2. The second-order valence-electron chi connectivity index (χ2n) is 3.50. The van der Waals surface area contributed by atoms with Crippen molar-refractivity contribution < 1.29 is 0 Å². The molecule has 0 aliphatic rings. The molecular weight excluding hydrogens is 160 g/mol. The van der Waals surface area contributed by atoms with E-state index in [4.69, 9.17) is 0 Å². The van der Waals surface area contributed by atoms with Crippen molar-refractivity contribution >= 4 is 5.84 Å². The minimum atomic E-state index is 0.582. The van der Waals surface area contributed by atoms with Gasteiger partial charge in [-0.05, 0) is 19.3 Å². The van der Waals surface area contributed by atoms with E-state index in [1.165, 1.54) is 18.7 Å². The normalized spacial score (nSPS) is 14.3. The Kier molecular flexibility index (Phi) is 7.76. The van der Waals surface area contributed by atoms with E-state index in [-0.39, 0.29) is 0 Å². The molecule has 0 radical (unpaired) electrons. The van der Waals surface area contributed by atoms with Crippen LogP contribution in [0, 0.1) is 5.92 Å². The average molecular weight is 184 g/mol. The molecule has 0 aromatic heterocycles. The fourth-order valence-electron chi connectivity index (χ4n) is 1.06.